The van der Waals surface area contributed by atoms with Crippen LogP contribution in [0.2, 0.25) is 0 Å². The van der Waals surface area contributed by atoms with Crippen LogP contribution in [0.25, 0.3) is 0 Å². The molecule has 2 unspecified atom stereocenters. The minimum Gasteiger partial charge on any atom is -0.286 e. The van der Waals surface area contributed by atoms with Gasteiger partial charge in [-0.15, -0.1) is 0 Å². The predicted molar refractivity (Wildman–Crippen MR) is 67.4 cm³/mol. The van der Waals surface area contributed by atoms with E-state index in [9.17, 15) is 16.8 Å². The second-order valence-corrected chi connectivity index (χ2v) is 7.76. The molecule has 0 aromatic heterocycles. The van der Waals surface area contributed by atoms with Gasteiger partial charge in [0.25, 0.3) is 20.2 Å². The minimum absolute atomic E-state index is 0.0266. The Bertz CT molecular complexity index is 444. The summed E-state index contributed by atoms with van der Waals surface area (Å²) in [5.74, 6) is -0.570. The fraction of sp³-hybridized carbons (Fsp3) is 0.800. The molecule has 2 N–H and O–H groups in total. The van der Waals surface area contributed by atoms with Crippen LogP contribution in [0.3, 0.4) is 0 Å². The molecule has 8 heteroatoms. The van der Waals surface area contributed by atoms with E-state index in [0.717, 1.165) is 0 Å². The van der Waals surface area contributed by atoms with E-state index in [-0.39, 0.29) is 23.3 Å². The maximum atomic E-state index is 10.7. The van der Waals surface area contributed by atoms with Gasteiger partial charge in [-0.25, -0.2) is 0 Å². The zero-order chi connectivity index (χ0) is 13.8. The van der Waals surface area contributed by atoms with Crippen LogP contribution in [0.5, 0.6) is 0 Å². The SMILES string of the molecule is O=S(=O)(O)CCC1CC=CCC1CCS(=O)(=O)O. The smallest absolute Gasteiger partial charge is 0.264 e. The summed E-state index contributed by atoms with van der Waals surface area (Å²) in [5, 5.41) is 0. The molecule has 18 heavy (non-hydrogen) atoms. The van der Waals surface area contributed by atoms with E-state index in [0.29, 0.717) is 25.7 Å². The number of allylic oxidation sites excluding steroid dienone is 2. The van der Waals surface area contributed by atoms with Crippen LogP contribution < -0.4 is 0 Å². The molecule has 0 saturated heterocycles. The van der Waals surface area contributed by atoms with Gasteiger partial charge >= 0.3 is 0 Å². The highest BCUT2D eigenvalue weighted by atomic mass is 32.2. The molecule has 0 aromatic rings. The summed E-state index contributed by atoms with van der Waals surface area (Å²) < 4.78 is 60.2. The molecule has 0 fully saturated rings. The Morgan fingerprint density at radius 1 is 0.833 bits per heavy atom. The van der Waals surface area contributed by atoms with E-state index in [1.807, 2.05) is 12.2 Å². The minimum atomic E-state index is -3.98. The highest BCUT2D eigenvalue weighted by Crippen LogP contribution is 2.31. The first-order valence-corrected chi connectivity index (χ1v) is 8.94. The fourth-order valence-electron chi connectivity index (χ4n) is 2.23. The molecular weight excluding hydrogens is 280 g/mol. The van der Waals surface area contributed by atoms with Gasteiger partial charge in [0.05, 0.1) is 11.5 Å². The van der Waals surface area contributed by atoms with Crippen LogP contribution in [-0.4, -0.2) is 37.4 Å². The van der Waals surface area contributed by atoms with Crippen LogP contribution >= 0.6 is 0 Å². The van der Waals surface area contributed by atoms with Gasteiger partial charge in [-0.2, -0.15) is 16.8 Å². The summed E-state index contributed by atoms with van der Waals surface area (Å²) in [6, 6.07) is 0. The Hall–Kier alpha value is -0.440. The zero-order valence-corrected chi connectivity index (χ0v) is 11.5. The summed E-state index contributed by atoms with van der Waals surface area (Å²) in [6.07, 6.45) is 5.81. The van der Waals surface area contributed by atoms with Crippen molar-refractivity contribution in [2.24, 2.45) is 11.8 Å². The third kappa shape index (κ3) is 6.48. The van der Waals surface area contributed by atoms with Crippen molar-refractivity contribution >= 4 is 20.2 Å². The molecule has 1 rings (SSSR count). The summed E-state index contributed by atoms with van der Waals surface area (Å²) in [5.41, 5.74) is 0. The lowest BCUT2D eigenvalue weighted by molar-refractivity contribution is 0.302. The van der Waals surface area contributed by atoms with E-state index in [4.69, 9.17) is 9.11 Å². The molecule has 2 atom stereocenters. The van der Waals surface area contributed by atoms with Gasteiger partial charge in [0, 0.05) is 0 Å². The maximum absolute atomic E-state index is 10.7. The standard InChI is InChI=1S/C10H18O6S2/c11-17(12,13)7-5-9-3-1-2-4-10(9)6-8-18(14,15)16/h1-2,9-10H,3-8H2,(H,11,12,13)(H,14,15,16). The lowest BCUT2D eigenvalue weighted by Gasteiger charge is -2.27. The predicted octanol–water partition coefficient (Wildman–Crippen LogP) is 1.12. The first kappa shape index (κ1) is 15.6. The van der Waals surface area contributed by atoms with Gasteiger partial charge in [0.2, 0.25) is 0 Å². The zero-order valence-electron chi connectivity index (χ0n) is 9.90. The van der Waals surface area contributed by atoms with Gasteiger partial charge in [0.15, 0.2) is 0 Å². The van der Waals surface area contributed by atoms with E-state index in [1.54, 1.807) is 0 Å². The average molecular weight is 298 g/mol. The molecule has 1 aliphatic carbocycles. The van der Waals surface area contributed by atoms with Crippen molar-refractivity contribution in [3.63, 3.8) is 0 Å². The highest BCUT2D eigenvalue weighted by Gasteiger charge is 2.25. The second kappa shape index (κ2) is 6.14. The van der Waals surface area contributed by atoms with Gasteiger partial charge in [0.1, 0.15) is 0 Å². The Labute approximate surface area is 108 Å². The molecule has 1 aliphatic rings. The topological polar surface area (TPSA) is 109 Å². The van der Waals surface area contributed by atoms with Crippen LogP contribution in [0, 0.1) is 11.8 Å². The van der Waals surface area contributed by atoms with E-state index >= 15 is 0 Å². The summed E-state index contributed by atoms with van der Waals surface area (Å²) in [6.45, 7) is 0. The van der Waals surface area contributed by atoms with Crippen LogP contribution in [0.4, 0.5) is 0 Å². The Kier molecular flexibility index (Phi) is 5.32. The third-order valence-corrected chi connectivity index (χ3v) is 4.71. The molecule has 0 amide bonds. The molecule has 0 saturated carbocycles. The van der Waals surface area contributed by atoms with Crippen molar-refractivity contribution in [1.82, 2.24) is 0 Å². The van der Waals surface area contributed by atoms with E-state index < -0.39 is 20.2 Å². The molecule has 0 aromatic carbocycles. The lowest BCUT2D eigenvalue weighted by atomic mass is 9.80. The molecule has 6 nitrogen and oxygen atoms in total. The third-order valence-electron chi connectivity index (χ3n) is 3.20. The van der Waals surface area contributed by atoms with Crippen molar-refractivity contribution in [3.8, 4) is 0 Å². The van der Waals surface area contributed by atoms with Crippen molar-refractivity contribution in [1.29, 1.82) is 0 Å². The Morgan fingerprint density at radius 2 is 1.17 bits per heavy atom. The maximum Gasteiger partial charge on any atom is 0.264 e. The summed E-state index contributed by atoms with van der Waals surface area (Å²) >= 11 is 0. The molecule has 0 spiro atoms. The molecule has 0 radical (unpaired) electrons. The van der Waals surface area contributed by atoms with Crippen molar-refractivity contribution in [2.45, 2.75) is 25.7 Å². The first-order valence-electron chi connectivity index (χ1n) is 5.73. The normalized spacial score (nSPS) is 25.2. The first-order chi connectivity index (χ1) is 8.17. The molecule has 0 aliphatic heterocycles. The molecule has 0 bridgehead atoms. The van der Waals surface area contributed by atoms with Crippen molar-refractivity contribution in [3.05, 3.63) is 12.2 Å². The van der Waals surface area contributed by atoms with Crippen molar-refractivity contribution in [2.75, 3.05) is 11.5 Å². The quantitative estimate of drug-likeness (QED) is 0.562. The molecule has 106 valence electrons. The number of rotatable bonds is 6. The van der Waals surface area contributed by atoms with E-state index in [2.05, 4.69) is 0 Å². The Balaban J connectivity index is 2.55. The van der Waals surface area contributed by atoms with Gasteiger partial charge in [-0.1, -0.05) is 12.2 Å². The summed E-state index contributed by atoms with van der Waals surface area (Å²) in [4.78, 5) is 0. The lowest BCUT2D eigenvalue weighted by Crippen LogP contribution is -2.22. The largest absolute Gasteiger partial charge is 0.286 e. The van der Waals surface area contributed by atoms with Gasteiger partial charge in [-0.05, 0) is 37.5 Å². The second-order valence-electron chi connectivity index (χ2n) is 4.61. The number of hydrogen-bond donors (Lipinski definition) is 2. The summed E-state index contributed by atoms with van der Waals surface area (Å²) in [7, 11) is -7.96. The molecule has 0 heterocycles. The van der Waals surface area contributed by atoms with Gasteiger partial charge < -0.3 is 0 Å². The number of hydrogen-bond acceptors (Lipinski definition) is 4. The fourth-order valence-corrected chi connectivity index (χ4v) is 3.44. The molecular formula is C10H18O6S2. The highest BCUT2D eigenvalue weighted by molar-refractivity contribution is 7.86. The average Bonchev–Trinajstić information content (AvgIpc) is 2.22. The van der Waals surface area contributed by atoms with Crippen LogP contribution in [0.1, 0.15) is 25.7 Å². The monoisotopic (exact) mass is 298 g/mol. The van der Waals surface area contributed by atoms with Gasteiger partial charge in [-0.3, -0.25) is 9.11 Å². The van der Waals surface area contributed by atoms with Crippen LogP contribution in [0.15, 0.2) is 12.2 Å². The van der Waals surface area contributed by atoms with Crippen molar-refractivity contribution < 1.29 is 25.9 Å². The van der Waals surface area contributed by atoms with Crippen LogP contribution in [-0.2, 0) is 20.2 Å². The Morgan fingerprint density at radius 3 is 1.44 bits per heavy atom. The van der Waals surface area contributed by atoms with E-state index in [1.165, 1.54) is 0 Å².